The summed E-state index contributed by atoms with van der Waals surface area (Å²) in [7, 11) is 0. The molecule has 3 aromatic rings. The van der Waals surface area contributed by atoms with Gasteiger partial charge in [-0.25, -0.2) is 4.79 Å². The number of fused-ring (bicyclic) bond motifs is 2. The van der Waals surface area contributed by atoms with Crippen LogP contribution in [0.1, 0.15) is 34.8 Å². The van der Waals surface area contributed by atoms with Gasteiger partial charge in [-0.2, -0.15) is 0 Å². The Morgan fingerprint density at radius 2 is 1.84 bits per heavy atom. The minimum atomic E-state index is -0.383. The van der Waals surface area contributed by atoms with Gasteiger partial charge in [0.05, 0.1) is 24.8 Å². The van der Waals surface area contributed by atoms with E-state index >= 15 is 0 Å². The number of hydrogen-bond donors (Lipinski definition) is 1. The standard InChI is InChI=1S/C30H34N4O4/c35-29(23-8-9-27-22(15-23)7-4-12-31-27)34-18-24-16-33(17-25(24)19-34)13-10-28(21-5-2-1-3-6-21)32-30(36)38-26-11-14-37-20-26/h1-9,12,15,24-26,28H,10-11,13-14,16-20H2,(H,32,36)/t24-,25?,26?,28?/m0/s1. The number of ether oxygens (including phenoxy) is 2. The number of pyridine rings is 1. The number of carbonyl (C=O) groups is 2. The van der Waals surface area contributed by atoms with Crippen molar-refractivity contribution >= 4 is 22.9 Å². The van der Waals surface area contributed by atoms with Crippen LogP contribution in [0.15, 0.2) is 66.9 Å². The molecule has 3 aliphatic rings. The van der Waals surface area contributed by atoms with Gasteiger partial charge in [-0.3, -0.25) is 9.78 Å². The molecule has 3 saturated heterocycles. The van der Waals surface area contributed by atoms with Crippen LogP contribution in [0.3, 0.4) is 0 Å². The summed E-state index contributed by atoms with van der Waals surface area (Å²) in [6.45, 7) is 5.52. The van der Waals surface area contributed by atoms with Gasteiger partial charge in [0.2, 0.25) is 0 Å². The summed E-state index contributed by atoms with van der Waals surface area (Å²) in [6, 6.07) is 19.6. The highest BCUT2D eigenvalue weighted by molar-refractivity contribution is 5.98. The van der Waals surface area contributed by atoms with Crippen molar-refractivity contribution in [2.24, 2.45) is 11.8 Å². The van der Waals surface area contributed by atoms with E-state index in [1.165, 1.54) is 0 Å². The predicted octanol–water partition coefficient (Wildman–Crippen LogP) is 3.89. The van der Waals surface area contributed by atoms with Crippen molar-refractivity contribution in [2.75, 3.05) is 45.9 Å². The quantitative estimate of drug-likeness (QED) is 0.515. The van der Waals surface area contributed by atoms with Crippen LogP contribution in [0.5, 0.6) is 0 Å². The number of alkyl carbamates (subject to hydrolysis) is 1. The molecule has 2 amide bonds. The number of benzene rings is 2. The minimum Gasteiger partial charge on any atom is -0.444 e. The molecule has 3 unspecified atom stereocenters. The van der Waals surface area contributed by atoms with E-state index in [0.717, 1.165) is 67.6 Å². The van der Waals surface area contributed by atoms with Crippen LogP contribution in [0.2, 0.25) is 0 Å². The first-order valence-corrected chi connectivity index (χ1v) is 13.6. The molecule has 0 aliphatic carbocycles. The first-order valence-electron chi connectivity index (χ1n) is 13.6. The van der Waals surface area contributed by atoms with Crippen LogP contribution in [0.4, 0.5) is 4.79 Å². The Balaban J connectivity index is 1.03. The Morgan fingerprint density at radius 1 is 1.03 bits per heavy atom. The maximum Gasteiger partial charge on any atom is 0.407 e. The maximum absolute atomic E-state index is 13.2. The zero-order chi connectivity index (χ0) is 25.9. The van der Waals surface area contributed by atoms with E-state index in [-0.39, 0.29) is 24.1 Å². The second kappa shape index (κ2) is 11.1. The van der Waals surface area contributed by atoms with Gasteiger partial charge < -0.3 is 24.6 Å². The Morgan fingerprint density at radius 3 is 2.61 bits per heavy atom. The van der Waals surface area contributed by atoms with Gasteiger partial charge in [0.15, 0.2) is 0 Å². The second-order valence-electron chi connectivity index (χ2n) is 10.7. The van der Waals surface area contributed by atoms with Crippen LogP contribution in [0.25, 0.3) is 10.9 Å². The van der Waals surface area contributed by atoms with Gasteiger partial charge in [-0.15, -0.1) is 0 Å². The van der Waals surface area contributed by atoms with E-state index in [4.69, 9.17) is 9.47 Å². The Kier molecular flexibility index (Phi) is 7.25. The first-order chi connectivity index (χ1) is 18.6. The summed E-state index contributed by atoms with van der Waals surface area (Å²) < 4.78 is 10.9. The monoisotopic (exact) mass is 514 g/mol. The fourth-order valence-electron chi connectivity index (χ4n) is 6.08. The summed E-state index contributed by atoms with van der Waals surface area (Å²) in [5, 5.41) is 4.08. The molecular weight excluding hydrogens is 480 g/mol. The molecular formula is C30H34N4O4. The number of amides is 2. The summed E-state index contributed by atoms with van der Waals surface area (Å²) in [5.41, 5.74) is 2.71. The number of likely N-dealkylation sites (tertiary alicyclic amines) is 2. The lowest BCUT2D eigenvalue weighted by Crippen LogP contribution is -2.36. The van der Waals surface area contributed by atoms with E-state index in [2.05, 4.69) is 27.3 Å². The number of nitrogens with zero attached hydrogens (tertiary/aromatic N) is 3. The van der Waals surface area contributed by atoms with Gasteiger partial charge in [-0.1, -0.05) is 36.4 Å². The molecule has 6 rings (SSSR count). The molecule has 0 spiro atoms. The molecule has 3 fully saturated rings. The lowest BCUT2D eigenvalue weighted by atomic mass is 10.0. The van der Waals surface area contributed by atoms with Crippen molar-refractivity contribution in [3.63, 3.8) is 0 Å². The number of nitrogens with one attached hydrogen (secondary N) is 1. The van der Waals surface area contributed by atoms with Crippen molar-refractivity contribution in [1.82, 2.24) is 20.1 Å². The first kappa shape index (κ1) is 24.8. The summed E-state index contributed by atoms with van der Waals surface area (Å²) in [5.74, 6) is 1.07. The Bertz CT molecular complexity index is 1270. The predicted molar refractivity (Wildman–Crippen MR) is 144 cm³/mol. The molecule has 1 aromatic heterocycles. The zero-order valence-electron chi connectivity index (χ0n) is 21.5. The molecule has 4 atom stereocenters. The van der Waals surface area contributed by atoms with E-state index < -0.39 is 0 Å². The van der Waals surface area contributed by atoms with Crippen molar-refractivity contribution in [2.45, 2.75) is 25.0 Å². The van der Waals surface area contributed by atoms with Gasteiger partial charge in [-0.05, 0) is 48.1 Å². The SMILES string of the molecule is O=C(NC(CCN1CC2CN(C(=O)c3ccc4ncccc4c3)C[C@@H]2C1)c1ccccc1)OC1CCOC1. The molecule has 38 heavy (non-hydrogen) atoms. The average Bonchev–Trinajstić information content (AvgIpc) is 3.68. The molecule has 3 aliphatic heterocycles. The van der Waals surface area contributed by atoms with Crippen LogP contribution >= 0.6 is 0 Å². The van der Waals surface area contributed by atoms with E-state index in [9.17, 15) is 9.59 Å². The molecule has 0 bridgehead atoms. The molecule has 198 valence electrons. The van der Waals surface area contributed by atoms with Crippen molar-refractivity contribution in [3.8, 4) is 0 Å². The van der Waals surface area contributed by atoms with Crippen LogP contribution in [0, 0.1) is 11.8 Å². The molecule has 8 heteroatoms. The van der Waals surface area contributed by atoms with E-state index in [0.29, 0.717) is 25.0 Å². The molecule has 1 N–H and O–H groups in total. The van der Waals surface area contributed by atoms with Crippen LogP contribution in [-0.4, -0.2) is 78.8 Å². The smallest absolute Gasteiger partial charge is 0.407 e. The second-order valence-corrected chi connectivity index (χ2v) is 10.7. The zero-order valence-corrected chi connectivity index (χ0v) is 21.5. The highest BCUT2D eigenvalue weighted by Crippen LogP contribution is 2.33. The van der Waals surface area contributed by atoms with Gasteiger partial charge in [0, 0.05) is 56.3 Å². The highest BCUT2D eigenvalue weighted by Gasteiger charge is 2.41. The summed E-state index contributed by atoms with van der Waals surface area (Å²) in [6.07, 6.45) is 2.77. The fraction of sp³-hybridized carbons (Fsp3) is 0.433. The molecule has 2 aromatic carbocycles. The number of hydrogen-bond acceptors (Lipinski definition) is 6. The lowest BCUT2D eigenvalue weighted by Gasteiger charge is -2.25. The summed E-state index contributed by atoms with van der Waals surface area (Å²) in [4.78, 5) is 34.7. The van der Waals surface area contributed by atoms with Crippen LogP contribution < -0.4 is 5.32 Å². The number of aromatic nitrogens is 1. The molecule has 0 radical (unpaired) electrons. The van der Waals surface area contributed by atoms with Crippen LogP contribution in [-0.2, 0) is 9.47 Å². The normalized spacial score (nSPS) is 23.9. The Labute approximate surface area is 222 Å². The minimum absolute atomic E-state index is 0.108. The topological polar surface area (TPSA) is 84.0 Å². The van der Waals surface area contributed by atoms with Crippen molar-refractivity contribution in [3.05, 3.63) is 78.0 Å². The highest BCUT2D eigenvalue weighted by atomic mass is 16.6. The third-order valence-corrected chi connectivity index (χ3v) is 8.09. The largest absolute Gasteiger partial charge is 0.444 e. The molecule has 8 nitrogen and oxygen atoms in total. The van der Waals surface area contributed by atoms with E-state index in [1.54, 1.807) is 6.20 Å². The lowest BCUT2D eigenvalue weighted by molar-refractivity contribution is 0.0774. The van der Waals surface area contributed by atoms with Crippen molar-refractivity contribution in [1.29, 1.82) is 0 Å². The third-order valence-electron chi connectivity index (χ3n) is 8.09. The molecule has 0 saturated carbocycles. The van der Waals surface area contributed by atoms with Gasteiger partial charge in [0.25, 0.3) is 5.91 Å². The number of rotatable bonds is 7. The van der Waals surface area contributed by atoms with Crippen molar-refractivity contribution < 1.29 is 19.1 Å². The van der Waals surface area contributed by atoms with Gasteiger partial charge >= 0.3 is 6.09 Å². The third kappa shape index (κ3) is 5.51. The molecule has 4 heterocycles. The average molecular weight is 515 g/mol. The van der Waals surface area contributed by atoms with Gasteiger partial charge in [0.1, 0.15) is 6.10 Å². The number of carbonyl (C=O) groups excluding carboxylic acids is 2. The fourth-order valence-corrected chi connectivity index (χ4v) is 6.08. The van der Waals surface area contributed by atoms with E-state index in [1.807, 2.05) is 53.4 Å². The Hall–Kier alpha value is -3.49. The summed E-state index contributed by atoms with van der Waals surface area (Å²) >= 11 is 0. The maximum atomic E-state index is 13.2.